The zero-order valence-electron chi connectivity index (χ0n) is 11.9. The van der Waals surface area contributed by atoms with Gasteiger partial charge in [0.15, 0.2) is 0 Å². The number of aromatic nitrogens is 1. The number of anilines is 1. The Morgan fingerprint density at radius 1 is 1.30 bits per heavy atom. The average Bonchev–Trinajstić information content (AvgIpc) is 2.45. The van der Waals surface area contributed by atoms with Gasteiger partial charge in [-0.3, -0.25) is 4.79 Å². The van der Waals surface area contributed by atoms with Gasteiger partial charge in [-0.15, -0.1) is 0 Å². The molecule has 2 rings (SSSR count). The molecule has 0 aliphatic rings. The Morgan fingerprint density at radius 2 is 2.10 bits per heavy atom. The zero-order chi connectivity index (χ0) is 14.4. The lowest BCUT2D eigenvalue weighted by molar-refractivity contribution is 0.255. The molecule has 4 heteroatoms. The van der Waals surface area contributed by atoms with Crippen molar-refractivity contribution < 1.29 is 5.11 Å². The first-order valence-corrected chi connectivity index (χ1v) is 7.21. The SMILES string of the molecule is CCCC(CCO)CNc1cc2ccccc2c(=O)[nH]1. The minimum atomic E-state index is -0.0696. The van der Waals surface area contributed by atoms with Crippen molar-refractivity contribution in [2.75, 3.05) is 18.5 Å². The molecule has 0 radical (unpaired) electrons. The van der Waals surface area contributed by atoms with Crippen molar-refractivity contribution >= 4 is 16.6 Å². The smallest absolute Gasteiger partial charge is 0.257 e. The van der Waals surface area contributed by atoms with Crippen LogP contribution in [0.25, 0.3) is 10.8 Å². The van der Waals surface area contributed by atoms with Crippen molar-refractivity contribution in [2.45, 2.75) is 26.2 Å². The van der Waals surface area contributed by atoms with Gasteiger partial charge < -0.3 is 15.4 Å². The second kappa shape index (κ2) is 7.10. The van der Waals surface area contributed by atoms with Crippen molar-refractivity contribution in [3.63, 3.8) is 0 Å². The molecule has 0 aliphatic carbocycles. The Kier molecular flexibility index (Phi) is 5.18. The van der Waals surface area contributed by atoms with Crippen LogP contribution in [0.4, 0.5) is 5.82 Å². The molecule has 1 atom stereocenters. The van der Waals surface area contributed by atoms with Crippen molar-refractivity contribution in [1.29, 1.82) is 0 Å². The molecular formula is C16H22N2O2. The molecule has 1 aromatic carbocycles. The summed E-state index contributed by atoms with van der Waals surface area (Å²) in [4.78, 5) is 14.8. The molecule has 0 spiro atoms. The van der Waals surface area contributed by atoms with E-state index in [1.807, 2.05) is 30.3 Å². The number of hydrogen-bond acceptors (Lipinski definition) is 3. The second-order valence-corrected chi connectivity index (χ2v) is 5.15. The molecule has 20 heavy (non-hydrogen) atoms. The number of H-pyrrole nitrogens is 1. The molecular weight excluding hydrogens is 252 g/mol. The third-order valence-corrected chi connectivity index (χ3v) is 3.57. The molecule has 1 heterocycles. The van der Waals surface area contributed by atoms with E-state index < -0.39 is 0 Å². The quantitative estimate of drug-likeness (QED) is 0.727. The van der Waals surface area contributed by atoms with Crippen LogP contribution < -0.4 is 10.9 Å². The maximum atomic E-state index is 12.0. The Balaban J connectivity index is 2.11. The number of fused-ring (bicyclic) bond motifs is 1. The molecule has 1 unspecified atom stereocenters. The molecule has 3 N–H and O–H groups in total. The fourth-order valence-corrected chi connectivity index (χ4v) is 2.50. The Hall–Kier alpha value is -1.81. The first kappa shape index (κ1) is 14.6. The van der Waals surface area contributed by atoms with Gasteiger partial charge in [0.1, 0.15) is 5.82 Å². The number of aliphatic hydroxyl groups is 1. The van der Waals surface area contributed by atoms with Gasteiger partial charge in [-0.1, -0.05) is 31.5 Å². The number of aromatic amines is 1. The molecule has 0 fully saturated rings. The summed E-state index contributed by atoms with van der Waals surface area (Å²) in [5, 5.41) is 14.0. The number of nitrogens with one attached hydrogen (secondary N) is 2. The highest BCUT2D eigenvalue weighted by Gasteiger charge is 2.08. The molecule has 0 bridgehead atoms. The maximum absolute atomic E-state index is 12.0. The molecule has 0 saturated carbocycles. The normalized spacial score (nSPS) is 12.5. The number of aliphatic hydroxyl groups excluding tert-OH is 1. The number of hydrogen-bond donors (Lipinski definition) is 3. The van der Waals surface area contributed by atoms with Crippen LogP contribution in [0.1, 0.15) is 26.2 Å². The largest absolute Gasteiger partial charge is 0.396 e. The van der Waals surface area contributed by atoms with Crippen LogP contribution in [0.2, 0.25) is 0 Å². The molecule has 2 aromatic rings. The van der Waals surface area contributed by atoms with Crippen LogP contribution in [0.5, 0.6) is 0 Å². The van der Waals surface area contributed by atoms with E-state index in [4.69, 9.17) is 5.11 Å². The van der Waals surface area contributed by atoms with Crippen LogP contribution >= 0.6 is 0 Å². The first-order chi connectivity index (χ1) is 9.74. The Bertz CT molecular complexity index is 601. The highest BCUT2D eigenvalue weighted by atomic mass is 16.3. The predicted molar refractivity (Wildman–Crippen MR) is 83.2 cm³/mol. The lowest BCUT2D eigenvalue weighted by atomic mass is 10.0. The van der Waals surface area contributed by atoms with Crippen LogP contribution in [-0.4, -0.2) is 23.2 Å². The molecule has 0 saturated heterocycles. The van der Waals surface area contributed by atoms with E-state index in [0.29, 0.717) is 11.3 Å². The minimum absolute atomic E-state index is 0.0696. The summed E-state index contributed by atoms with van der Waals surface area (Å²) in [6, 6.07) is 9.51. The van der Waals surface area contributed by atoms with Crippen LogP contribution in [0.15, 0.2) is 35.1 Å². The summed E-state index contributed by atoms with van der Waals surface area (Å²) in [7, 11) is 0. The third kappa shape index (κ3) is 3.61. The Morgan fingerprint density at radius 3 is 2.85 bits per heavy atom. The van der Waals surface area contributed by atoms with E-state index in [-0.39, 0.29) is 12.2 Å². The van der Waals surface area contributed by atoms with Crippen molar-refractivity contribution in [1.82, 2.24) is 4.98 Å². The maximum Gasteiger partial charge on any atom is 0.257 e. The van der Waals surface area contributed by atoms with Gasteiger partial charge in [-0.05, 0) is 36.3 Å². The second-order valence-electron chi connectivity index (χ2n) is 5.15. The van der Waals surface area contributed by atoms with Crippen LogP contribution in [0, 0.1) is 5.92 Å². The van der Waals surface area contributed by atoms with Gasteiger partial charge in [-0.25, -0.2) is 0 Å². The summed E-state index contributed by atoms with van der Waals surface area (Å²) in [5.41, 5.74) is -0.0696. The minimum Gasteiger partial charge on any atom is -0.396 e. The van der Waals surface area contributed by atoms with E-state index in [1.54, 1.807) is 0 Å². The van der Waals surface area contributed by atoms with E-state index in [9.17, 15) is 4.79 Å². The highest BCUT2D eigenvalue weighted by Crippen LogP contribution is 2.15. The monoisotopic (exact) mass is 274 g/mol. The number of rotatable bonds is 7. The third-order valence-electron chi connectivity index (χ3n) is 3.57. The number of benzene rings is 1. The van der Waals surface area contributed by atoms with Gasteiger partial charge >= 0.3 is 0 Å². The molecule has 4 nitrogen and oxygen atoms in total. The topological polar surface area (TPSA) is 65.1 Å². The fourth-order valence-electron chi connectivity index (χ4n) is 2.50. The summed E-state index contributed by atoms with van der Waals surface area (Å²) < 4.78 is 0. The molecule has 0 amide bonds. The van der Waals surface area contributed by atoms with E-state index in [1.165, 1.54) is 0 Å². The zero-order valence-corrected chi connectivity index (χ0v) is 11.9. The summed E-state index contributed by atoms with van der Waals surface area (Å²) in [6.45, 7) is 3.12. The van der Waals surface area contributed by atoms with E-state index in [2.05, 4.69) is 17.2 Å². The molecule has 1 aromatic heterocycles. The van der Waals surface area contributed by atoms with Gasteiger partial charge in [0.05, 0.1) is 0 Å². The first-order valence-electron chi connectivity index (χ1n) is 7.21. The fraction of sp³-hybridized carbons (Fsp3) is 0.438. The lowest BCUT2D eigenvalue weighted by Gasteiger charge is -2.16. The van der Waals surface area contributed by atoms with Gasteiger partial charge in [0.25, 0.3) is 5.56 Å². The summed E-state index contributed by atoms with van der Waals surface area (Å²) >= 11 is 0. The average molecular weight is 274 g/mol. The predicted octanol–water partition coefficient (Wildman–Crippen LogP) is 2.74. The standard InChI is InChI=1S/C16H22N2O2/c1-2-5-12(8-9-19)11-17-15-10-13-6-3-4-7-14(13)16(20)18-15/h3-4,6-7,10,12,19H,2,5,8-9,11H2,1H3,(H2,17,18,20). The molecule has 0 aliphatic heterocycles. The van der Waals surface area contributed by atoms with Crippen LogP contribution in [-0.2, 0) is 0 Å². The summed E-state index contributed by atoms with van der Waals surface area (Å²) in [5.74, 6) is 1.17. The van der Waals surface area contributed by atoms with Crippen molar-refractivity contribution in [3.05, 3.63) is 40.7 Å². The van der Waals surface area contributed by atoms with Gasteiger partial charge in [0.2, 0.25) is 0 Å². The van der Waals surface area contributed by atoms with Gasteiger partial charge in [0, 0.05) is 18.5 Å². The van der Waals surface area contributed by atoms with Crippen molar-refractivity contribution in [2.24, 2.45) is 5.92 Å². The van der Waals surface area contributed by atoms with Crippen molar-refractivity contribution in [3.8, 4) is 0 Å². The lowest BCUT2D eigenvalue weighted by Crippen LogP contribution is -2.18. The molecule has 108 valence electrons. The van der Waals surface area contributed by atoms with E-state index >= 15 is 0 Å². The van der Waals surface area contributed by atoms with Gasteiger partial charge in [-0.2, -0.15) is 0 Å². The van der Waals surface area contributed by atoms with E-state index in [0.717, 1.165) is 37.0 Å². The summed E-state index contributed by atoms with van der Waals surface area (Å²) in [6.07, 6.45) is 2.96. The highest BCUT2D eigenvalue weighted by molar-refractivity contribution is 5.83. The number of pyridine rings is 1. The van der Waals surface area contributed by atoms with Crippen LogP contribution in [0.3, 0.4) is 0 Å². The Labute approximate surface area is 118 Å².